The van der Waals surface area contributed by atoms with Gasteiger partial charge < -0.3 is 10.7 Å². The minimum absolute atomic E-state index is 0.307. The average Bonchev–Trinajstić information content (AvgIpc) is 2.16. The molecule has 1 aromatic carbocycles. The number of hydrogen-bond acceptors (Lipinski definition) is 3. The van der Waals surface area contributed by atoms with E-state index >= 15 is 0 Å². The van der Waals surface area contributed by atoms with Gasteiger partial charge in [0.2, 0.25) is 0 Å². The first-order chi connectivity index (χ1) is 6.72. The van der Waals surface area contributed by atoms with E-state index in [1.807, 2.05) is 25.1 Å². The molecule has 0 spiro atoms. The van der Waals surface area contributed by atoms with Crippen molar-refractivity contribution in [2.24, 2.45) is 0 Å². The third kappa shape index (κ3) is 1.25. The van der Waals surface area contributed by atoms with Crippen LogP contribution >= 0.6 is 0 Å². The van der Waals surface area contributed by atoms with Gasteiger partial charge in [-0.15, -0.1) is 0 Å². The lowest BCUT2D eigenvalue weighted by atomic mass is 10.1. The van der Waals surface area contributed by atoms with Gasteiger partial charge in [-0.1, -0.05) is 19.1 Å². The second-order valence-electron chi connectivity index (χ2n) is 3.12. The predicted octanol–water partition coefficient (Wildman–Crippen LogP) is 1.07. The summed E-state index contributed by atoms with van der Waals surface area (Å²) in [6.45, 7) is 2.04. The lowest BCUT2D eigenvalue weighted by Gasteiger charge is -2.04. The summed E-state index contributed by atoms with van der Waals surface area (Å²) in [6, 6.07) is 5.71. The summed E-state index contributed by atoms with van der Waals surface area (Å²) >= 11 is 0. The zero-order valence-electron chi connectivity index (χ0n) is 7.87. The van der Waals surface area contributed by atoms with Crippen LogP contribution < -0.4 is 11.4 Å². The van der Waals surface area contributed by atoms with Crippen LogP contribution in [0, 0.1) is 0 Å². The third-order valence-electron chi connectivity index (χ3n) is 2.25. The SMILES string of the molecule is CCc1cccc2[nH]c(=O)nc(N)c12. The number of H-pyrrole nitrogens is 1. The molecule has 4 nitrogen and oxygen atoms in total. The lowest BCUT2D eigenvalue weighted by molar-refractivity contribution is 1.11. The molecule has 0 saturated heterocycles. The van der Waals surface area contributed by atoms with Crippen LogP contribution in [-0.4, -0.2) is 9.97 Å². The Labute approximate surface area is 80.8 Å². The van der Waals surface area contributed by atoms with Gasteiger partial charge in [-0.3, -0.25) is 0 Å². The monoisotopic (exact) mass is 189 g/mol. The highest BCUT2D eigenvalue weighted by Gasteiger charge is 2.04. The number of benzene rings is 1. The molecule has 0 aliphatic carbocycles. The normalized spacial score (nSPS) is 10.6. The van der Waals surface area contributed by atoms with E-state index in [0.717, 1.165) is 22.9 Å². The average molecular weight is 189 g/mol. The number of aromatic nitrogens is 2. The fourth-order valence-corrected chi connectivity index (χ4v) is 1.61. The topological polar surface area (TPSA) is 71.8 Å². The van der Waals surface area contributed by atoms with Crippen molar-refractivity contribution in [1.82, 2.24) is 9.97 Å². The van der Waals surface area contributed by atoms with Gasteiger partial charge in [0.15, 0.2) is 0 Å². The summed E-state index contributed by atoms with van der Waals surface area (Å²) in [7, 11) is 0. The van der Waals surface area contributed by atoms with Crippen LogP contribution in [0.5, 0.6) is 0 Å². The zero-order chi connectivity index (χ0) is 10.1. The summed E-state index contributed by atoms with van der Waals surface area (Å²) in [6.07, 6.45) is 0.870. The molecule has 0 radical (unpaired) electrons. The van der Waals surface area contributed by atoms with Crippen molar-refractivity contribution in [2.45, 2.75) is 13.3 Å². The van der Waals surface area contributed by atoms with Crippen LogP contribution in [0.3, 0.4) is 0 Å². The lowest BCUT2D eigenvalue weighted by Crippen LogP contribution is -2.13. The molecule has 0 bridgehead atoms. The van der Waals surface area contributed by atoms with Gasteiger partial charge in [-0.2, -0.15) is 4.98 Å². The summed E-state index contributed by atoms with van der Waals surface area (Å²) in [4.78, 5) is 17.4. The second kappa shape index (κ2) is 3.14. The zero-order valence-corrected chi connectivity index (χ0v) is 7.87. The maximum absolute atomic E-state index is 11.1. The van der Waals surface area contributed by atoms with Gasteiger partial charge in [-0.05, 0) is 18.1 Å². The highest BCUT2D eigenvalue weighted by Crippen LogP contribution is 2.20. The van der Waals surface area contributed by atoms with Crippen molar-refractivity contribution in [1.29, 1.82) is 0 Å². The maximum atomic E-state index is 11.1. The predicted molar refractivity (Wildman–Crippen MR) is 56.2 cm³/mol. The molecule has 0 aliphatic rings. The number of aromatic amines is 1. The van der Waals surface area contributed by atoms with Crippen LogP contribution in [0.15, 0.2) is 23.0 Å². The minimum Gasteiger partial charge on any atom is -0.383 e. The summed E-state index contributed by atoms with van der Waals surface area (Å²) in [5.74, 6) is 0.307. The van der Waals surface area contributed by atoms with Crippen LogP contribution in [-0.2, 0) is 6.42 Å². The van der Waals surface area contributed by atoms with E-state index in [0.29, 0.717) is 5.82 Å². The highest BCUT2D eigenvalue weighted by molar-refractivity contribution is 5.90. The molecule has 14 heavy (non-hydrogen) atoms. The van der Waals surface area contributed by atoms with Crippen molar-refractivity contribution in [3.8, 4) is 0 Å². The molecule has 72 valence electrons. The smallest absolute Gasteiger partial charge is 0.347 e. The number of aryl methyl sites for hydroxylation is 1. The van der Waals surface area contributed by atoms with E-state index in [-0.39, 0.29) is 0 Å². The Kier molecular flexibility index (Phi) is 1.96. The number of anilines is 1. The number of nitrogens with zero attached hydrogens (tertiary/aromatic N) is 1. The first-order valence-corrected chi connectivity index (χ1v) is 4.49. The molecule has 0 aliphatic heterocycles. The Balaban J connectivity index is 2.94. The number of nitrogens with two attached hydrogens (primary N) is 1. The van der Waals surface area contributed by atoms with Gasteiger partial charge in [0.25, 0.3) is 0 Å². The van der Waals surface area contributed by atoms with Crippen molar-refractivity contribution in [2.75, 3.05) is 5.73 Å². The Hall–Kier alpha value is -1.84. The van der Waals surface area contributed by atoms with Gasteiger partial charge in [0.05, 0.1) is 5.52 Å². The third-order valence-corrected chi connectivity index (χ3v) is 2.25. The molecule has 1 aromatic heterocycles. The summed E-state index contributed by atoms with van der Waals surface area (Å²) in [5, 5.41) is 0.856. The van der Waals surface area contributed by atoms with E-state index in [1.54, 1.807) is 0 Å². The number of nitrogens with one attached hydrogen (secondary N) is 1. The van der Waals surface area contributed by atoms with Gasteiger partial charge in [0.1, 0.15) is 5.82 Å². The van der Waals surface area contributed by atoms with Crippen LogP contribution in [0.25, 0.3) is 10.9 Å². The Bertz CT molecular complexity index is 530. The van der Waals surface area contributed by atoms with Crippen LogP contribution in [0.1, 0.15) is 12.5 Å². The number of fused-ring (bicyclic) bond motifs is 1. The minimum atomic E-state index is -0.400. The Morgan fingerprint density at radius 3 is 3.00 bits per heavy atom. The summed E-state index contributed by atoms with van der Waals surface area (Å²) in [5.41, 5.74) is 7.15. The molecule has 0 amide bonds. The van der Waals surface area contributed by atoms with Crippen LogP contribution in [0.4, 0.5) is 5.82 Å². The number of rotatable bonds is 1. The molecule has 0 atom stereocenters. The van der Waals surface area contributed by atoms with Crippen molar-refractivity contribution in [3.63, 3.8) is 0 Å². The fraction of sp³-hybridized carbons (Fsp3) is 0.200. The van der Waals surface area contributed by atoms with E-state index < -0.39 is 5.69 Å². The molecular formula is C10H11N3O. The van der Waals surface area contributed by atoms with Crippen molar-refractivity contribution in [3.05, 3.63) is 34.2 Å². The van der Waals surface area contributed by atoms with Crippen LogP contribution in [0.2, 0.25) is 0 Å². The van der Waals surface area contributed by atoms with Gasteiger partial charge in [0, 0.05) is 5.39 Å². The molecule has 0 saturated carbocycles. The quantitative estimate of drug-likeness (QED) is 0.704. The number of hydrogen-bond donors (Lipinski definition) is 2. The van der Waals surface area contributed by atoms with Gasteiger partial charge in [-0.25, -0.2) is 4.79 Å². The van der Waals surface area contributed by atoms with Crippen molar-refractivity contribution >= 4 is 16.7 Å². The van der Waals surface area contributed by atoms with Gasteiger partial charge >= 0.3 is 5.69 Å². The van der Waals surface area contributed by atoms with E-state index in [4.69, 9.17) is 5.73 Å². The molecule has 0 fully saturated rings. The summed E-state index contributed by atoms with van der Waals surface area (Å²) < 4.78 is 0. The highest BCUT2D eigenvalue weighted by atomic mass is 16.1. The second-order valence-corrected chi connectivity index (χ2v) is 3.12. The van der Waals surface area contributed by atoms with Crippen molar-refractivity contribution < 1.29 is 0 Å². The molecule has 2 rings (SSSR count). The molecule has 0 unspecified atom stereocenters. The van der Waals surface area contributed by atoms with E-state index in [2.05, 4.69) is 9.97 Å². The molecule has 2 aromatic rings. The Morgan fingerprint density at radius 2 is 2.29 bits per heavy atom. The largest absolute Gasteiger partial charge is 0.383 e. The molecule has 3 N–H and O–H groups in total. The fourth-order valence-electron chi connectivity index (χ4n) is 1.61. The first kappa shape index (κ1) is 8.74. The molecular weight excluding hydrogens is 178 g/mol. The van der Waals surface area contributed by atoms with E-state index in [9.17, 15) is 4.79 Å². The molecule has 1 heterocycles. The Morgan fingerprint density at radius 1 is 1.50 bits per heavy atom. The first-order valence-electron chi connectivity index (χ1n) is 4.49. The number of nitrogen functional groups attached to an aromatic ring is 1. The standard InChI is InChI=1S/C10H11N3O/c1-2-6-4-3-5-7-8(6)9(11)13-10(14)12-7/h3-5H,2H2,1H3,(H3,11,12,13,14). The maximum Gasteiger partial charge on any atom is 0.347 e. The molecule has 4 heteroatoms. The van der Waals surface area contributed by atoms with E-state index in [1.165, 1.54) is 0 Å².